The first kappa shape index (κ1) is 12.7. The van der Waals surface area contributed by atoms with E-state index in [-0.39, 0.29) is 18.1 Å². The molecule has 0 unspecified atom stereocenters. The Hall–Kier alpha value is -2.28. The van der Waals surface area contributed by atoms with E-state index in [1.807, 2.05) is 24.3 Å². The molecule has 1 aliphatic rings. The molecule has 1 aliphatic heterocycles. The van der Waals surface area contributed by atoms with E-state index in [1.54, 1.807) is 0 Å². The summed E-state index contributed by atoms with van der Waals surface area (Å²) in [6.45, 7) is 0.281. The van der Waals surface area contributed by atoms with Crippen LogP contribution in [0.2, 0.25) is 0 Å². The highest BCUT2D eigenvalue weighted by atomic mass is 32.1. The average molecular weight is 289 g/mol. The number of carboxylic acids is 1. The number of aromatic nitrogens is 2. The maximum atomic E-state index is 12.4. The van der Waals surface area contributed by atoms with Gasteiger partial charge in [0, 0.05) is 18.3 Å². The van der Waals surface area contributed by atoms with Crippen LogP contribution in [0.4, 0.5) is 0 Å². The van der Waals surface area contributed by atoms with Gasteiger partial charge in [-0.2, -0.15) is 0 Å². The second-order valence-electron chi connectivity index (χ2n) is 4.55. The molecule has 0 aliphatic carbocycles. The van der Waals surface area contributed by atoms with E-state index < -0.39 is 12.0 Å². The van der Waals surface area contributed by atoms with Crippen LogP contribution in [0.5, 0.6) is 0 Å². The fraction of sp³-hybridized carbons (Fsp3) is 0.231. The summed E-state index contributed by atoms with van der Waals surface area (Å²) in [5.41, 5.74) is 2.14. The number of carbonyl (C=O) groups excluding carboxylic acids is 1. The SMILES string of the molecule is O=C(O)[C@@H]1Cc2ccccc2CN1C(=O)c1csnn1. The molecule has 1 aromatic carbocycles. The van der Waals surface area contributed by atoms with Gasteiger partial charge in [-0.15, -0.1) is 5.10 Å². The first-order valence-electron chi connectivity index (χ1n) is 6.04. The Morgan fingerprint density at radius 3 is 2.70 bits per heavy atom. The quantitative estimate of drug-likeness (QED) is 0.898. The molecule has 0 spiro atoms. The van der Waals surface area contributed by atoms with Crippen molar-refractivity contribution in [2.45, 2.75) is 19.0 Å². The number of hydrogen-bond donors (Lipinski definition) is 1. The van der Waals surface area contributed by atoms with Crippen molar-refractivity contribution in [3.05, 3.63) is 46.5 Å². The second kappa shape index (κ2) is 5.01. The van der Waals surface area contributed by atoms with E-state index in [1.165, 1.54) is 10.3 Å². The van der Waals surface area contributed by atoms with E-state index in [0.717, 1.165) is 22.7 Å². The molecule has 1 aromatic heterocycles. The number of aliphatic carboxylic acids is 1. The van der Waals surface area contributed by atoms with Crippen molar-refractivity contribution >= 4 is 23.4 Å². The lowest BCUT2D eigenvalue weighted by molar-refractivity contribution is -0.142. The summed E-state index contributed by atoms with van der Waals surface area (Å²) in [7, 11) is 0. The Bertz CT molecular complexity index is 657. The van der Waals surface area contributed by atoms with Crippen LogP contribution in [0, 0.1) is 0 Å². The Morgan fingerprint density at radius 2 is 2.05 bits per heavy atom. The highest BCUT2D eigenvalue weighted by molar-refractivity contribution is 7.03. The van der Waals surface area contributed by atoms with Crippen LogP contribution in [0.1, 0.15) is 21.6 Å². The van der Waals surface area contributed by atoms with Crippen LogP contribution in [0.15, 0.2) is 29.6 Å². The predicted molar refractivity (Wildman–Crippen MR) is 71.4 cm³/mol. The summed E-state index contributed by atoms with van der Waals surface area (Å²) < 4.78 is 3.65. The van der Waals surface area contributed by atoms with E-state index in [9.17, 15) is 14.7 Å². The molecule has 0 radical (unpaired) electrons. The van der Waals surface area contributed by atoms with Gasteiger partial charge >= 0.3 is 5.97 Å². The van der Waals surface area contributed by atoms with Crippen molar-refractivity contribution in [3.63, 3.8) is 0 Å². The topological polar surface area (TPSA) is 83.4 Å². The molecule has 1 N–H and O–H groups in total. The third-order valence-corrected chi connectivity index (χ3v) is 3.88. The first-order chi connectivity index (χ1) is 9.66. The first-order valence-corrected chi connectivity index (χ1v) is 6.88. The Balaban J connectivity index is 1.96. The molecule has 7 heteroatoms. The van der Waals surface area contributed by atoms with Gasteiger partial charge in [-0.1, -0.05) is 28.8 Å². The number of fused-ring (bicyclic) bond motifs is 1. The number of benzene rings is 1. The normalized spacial score (nSPS) is 17.6. The molecule has 2 heterocycles. The number of nitrogens with zero attached hydrogens (tertiary/aromatic N) is 3. The van der Waals surface area contributed by atoms with Gasteiger partial charge in [-0.05, 0) is 22.7 Å². The van der Waals surface area contributed by atoms with Crippen molar-refractivity contribution in [1.82, 2.24) is 14.5 Å². The molecule has 6 nitrogen and oxygen atoms in total. The minimum Gasteiger partial charge on any atom is -0.480 e. The van der Waals surface area contributed by atoms with Crippen LogP contribution in [-0.2, 0) is 17.8 Å². The zero-order chi connectivity index (χ0) is 14.1. The Labute approximate surface area is 118 Å². The maximum Gasteiger partial charge on any atom is 0.326 e. The molecular formula is C13H11N3O3S. The van der Waals surface area contributed by atoms with Gasteiger partial charge in [0.2, 0.25) is 0 Å². The van der Waals surface area contributed by atoms with Gasteiger partial charge in [0.05, 0.1) is 0 Å². The van der Waals surface area contributed by atoms with E-state index in [4.69, 9.17) is 0 Å². The summed E-state index contributed by atoms with van der Waals surface area (Å²) in [4.78, 5) is 25.1. The molecule has 2 aromatic rings. The van der Waals surface area contributed by atoms with Gasteiger partial charge in [-0.3, -0.25) is 4.79 Å². The Kier molecular flexibility index (Phi) is 3.19. The van der Waals surface area contributed by atoms with Crippen molar-refractivity contribution in [2.75, 3.05) is 0 Å². The molecule has 0 fully saturated rings. The Morgan fingerprint density at radius 1 is 1.30 bits per heavy atom. The molecule has 1 atom stereocenters. The van der Waals surface area contributed by atoms with Crippen molar-refractivity contribution < 1.29 is 14.7 Å². The number of hydrogen-bond acceptors (Lipinski definition) is 5. The third kappa shape index (κ3) is 2.16. The minimum atomic E-state index is -1.00. The lowest BCUT2D eigenvalue weighted by atomic mass is 9.94. The number of amides is 1. The largest absolute Gasteiger partial charge is 0.480 e. The molecule has 102 valence electrons. The zero-order valence-electron chi connectivity index (χ0n) is 10.4. The van der Waals surface area contributed by atoms with E-state index in [2.05, 4.69) is 9.59 Å². The predicted octanol–water partition coefficient (Wildman–Crippen LogP) is 1.19. The van der Waals surface area contributed by atoms with Crippen LogP contribution >= 0.6 is 11.5 Å². The van der Waals surface area contributed by atoms with Gasteiger partial charge in [0.15, 0.2) is 5.69 Å². The summed E-state index contributed by atoms with van der Waals surface area (Å²) in [6.07, 6.45) is 0.314. The number of carbonyl (C=O) groups is 2. The smallest absolute Gasteiger partial charge is 0.326 e. The second-order valence-corrected chi connectivity index (χ2v) is 5.16. The number of carboxylic acid groups (broad SMARTS) is 1. The van der Waals surface area contributed by atoms with Crippen LogP contribution in [0.25, 0.3) is 0 Å². The van der Waals surface area contributed by atoms with Crippen LogP contribution < -0.4 is 0 Å². The van der Waals surface area contributed by atoms with Gasteiger partial charge < -0.3 is 10.0 Å². The highest BCUT2D eigenvalue weighted by Gasteiger charge is 2.35. The monoisotopic (exact) mass is 289 g/mol. The highest BCUT2D eigenvalue weighted by Crippen LogP contribution is 2.24. The molecule has 0 saturated carbocycles. The fourth-order valence-corrected chi connectivity index (χ4v) is 2.79. The lowest BCUT2D eigenvalue weighted by Crippen LogP contribution is -2.48. The summed E-state index contributed by atoms with van der Waals surface area (Å²) in [5, 5.41) is 14.6. The van der Waals surface area contributed by atoms with Gasteiger partial charge in [0.1, 0.15) is 6.04 Å². The third-order valence-electron chi connectivity index (χ3n) is 3.37. The summed E-state index contributed by atoms with van der Waals surface area (Å²) in [5.74, 6) is -1.39. The minimum absolute atomic E-state index is 0.195. The maximum absolute atomic E-state index is 12.4. The lowest BCUT2D eigenvalue weighted by Gasteiger charge is -2.33. The molecule has 3 rings (SSSR count). The molecular weight excluding hydrogens is 278 g/mol. The zero-order valence-corrected chi connectivity index (χ0v) is 11.2. The van der Waals surface area contributed by atoms with Crippen molar-refractivity contribution in [3.8, 4) is 0 Å². The van der Waals surface area contributed by atoms with Crippen LogP contribution in [0.3, 0.4) is 0 Å². The molecule has 0 saturated heterocycles. The molecule has 1 amide bonds. The number of rotatable bonds is 2. The summed E-state index contributed by atoms with van der Waals surface area (Å²) in [6, 6.07) is 6.70. The molecule has 0 bridgehead atoms. The van der Waals surface area contributed by atoms with Crippen molar-refractivity contribution in [1.29, 1.82) is 0 Å². The van der Waals surface area contributed by atoms with Crippen LogP contribution in [-0.4, -0.2) is 37.5 Å². The fourth-order valence-electron chi connectivity index (χ4n) is 2.36. The average Bonchev–Trinajstić information content (AvgIpc) is 2.99. The van der Waals surface area contributed by atoms with Gasteiger partial charge in [-0.25, -0.2) is 4.79 Å². The molecule has 20 heavy (non-hydrogen) atoms. The van der Waals surface area contributed by atoms with E-state index >= 15 is 0 Å². The summed E-state index contributed by atoms with van der Waals surface area (Å²) >= 11 is 1.07. The van der Waals surface area contributed by atoms with Crippen molar-refractivity contribution in [2.24, 2.45) is 0 Å². The standard InChI is InChI=1S/C13H11N3O3S/c17-12(10-7-20-15-14-10)16-6-9-4-2-1-3-8(9)5-11(16)13(18)19/h1-4,7,11H,5-6H2,(H,18,19)/t11-/m0/s1. The van der Waals surface area contributed by atoms with E-state index in [0.29, 0.717) is 6.42 Å². The van der Waals surface area contributed by atoms with Gasteiger partial charge in [0.25, 0.3) is 5.91 Å².